The van der Waals surface area contributed by atoms with Gasteiger partial charge in [-0.3, -0.25) is 10.1 Å². The molecule has 1 aliphatic carbocycles. The van der Waals surface area contributed by atoms with Crippen molar-refractivity contribution in [3.05, 3.63) is 33.3 Å². The molecule has 1 aromatic carbocycles. The second-order valence-electron chi connectivity index (χ2n) is 4.31. The lowest BCUT2D eigenvalue weighted by atomic mass is 10.1. The van der Waals surface area contributed by atoms with Gasteiger partial charge >= 0.3 is 5.69 Å². The molecule has 0 aliphatic heterocycles. The Balaban J connectivity index is 2.09. The topological polar surface area (TPSA) is 43.1 Å². The monoisotopic (exact) mass is 271 g/mol. The van der Waals surface area contributed by atoms with Crippen LogP contribution in [-0.2, 0) is 0 Å². The fourth-order valence-electron chi connectivity index (χ4n) is 2.17. The molecule has 0 amide bonds. The number of nitro benzene ring substituents is 1. The summed E-state index contributed by atoms with van der Waals surface area (Å²) < 4.78 is 0. The Hall–Kier alpha value is -0.740. The first-order valence-corrected chi connectivity index (χ1v) is 7.10. The Labute approximate surface area is 110 Å². The first-order valence-electron chi connectivity index (χ1n) is 5.74. The first kappa shape index (κ1) is 12.7. The van der Waals surface area contributed by atoms with Gasteiger partial charge in [-0.1, -0.05) is 30.5 Å². The van der Waals surface area contributed by atoms with Gasteiger partial charge in [-0.25, -0.2) is 0 Å². The van der Waals surface area contributed by atoms with Gasteiger partial charge in [0.05, 0.1) is 9.82 Å². The smallest absolute Gasteiger partial charge is 0.258 e. The van der Waals surface area contributed by atoms with E-state index < -0.39 is 0 Å². The molecule has 0 N–H and O–H groups in total. The molecule has 1 aromatic rings. The maximum atomic E-state index is 10.9. The van der Waals surface area contributed by atoms with Crippen molar-refractivity contribution in [3.8, 4) is 0 Å². The minimum Gasteiger partial charge on any atom is -0.258 e. The van der Waals surface area contributed by atoms with Gasteiger partial charge in [-0.15, -0.1) is 11.8 Å². The molecule has 1 aliphatic rings. The maximum absolute atomic E-state index is 10.9. The molecule has 0 heterocycles. The lowest BCUT2D eigenvalue weighted by Crippen LogP contribution is -1.98. The summed E-state index contributed by atoms with van der Waals surface area (Å²) in [7, 11) is 0. The number of nitrogens with zero attached hydrogens (tertiary/aromatic N) is 1. The Morgan fingerprint density at radius 3 is 2.76 bits per heavy atom. The number of hydrogen-bond acceptors (Lipinski definition) is 3. The standard InChI is InChI=1S/C12H14ClNO2S/c13-10-6-3-7-11(12(10)14(15)16)17-8-9-4-1-2-5-9/h3,6-7,9H,1-2,4-5,8H2. The number of hydrogen-bond donors (Lipinski definition) is 0. The van der Waals surface area contributed by atoms with E-state index in [0.717, 1.165) is 5.75 Å². The molecule has 2 rings (SSSR count). The second kappa shape index (κ2) is 5.74. The lowest BCUT2D eigenvalue weighted by Gasteiger charge is -2.08. The summed E-state index contributed by atoms with van der Waals surface area (Å²) in [6.45, 7) is 0. The van der Waals surface area contributed by atoms with Crippen molar-refractivity contribution in [1.82, 2.24) is 0 Å². The van der Waals surface area contributed by atoms with Crippen LogP contribution >= 0.6 is 23.4 Å². The van der Waals surface area contributed by atoms with E-state index in [2.05, 4.69) is 0 Å². The molecule has 0 saturated heterocycles. The molecule has 0 spiro atoms. The summed E-state index contributed by atoms with van der Waals surface area (Å²) in [5.41, 5.74) is 0.0529. The zero-order valence-electron chi connectivity index (χ0n) is 9.39. The van der Waals surface area contributed by atoms with Crippen LogP contribution in [0, 0.1) is 16.0 Å². The highest BCUT2D eigenvalue weighted by molar-refractivity contribution is 7.99. The zero-order valence-corrected chi connectivity index (χ0v) is 11.0. The van der Waals surface area contributed by atoms with Crippen LogP contribution in [0.5, 0.6) is 0 Å². The van der Waals surface area contributed by atoms with E-state index in [0.29, 0.717) is 10.8 Å². The van der Waals surface area contributed by atoms with Gasteiger partial charge in [0.1, 0.15) is 5.02 Å². The third kappa shape index (κ3) is 3.13. The summed E-state index contributed by atoms with van der Waals surface area (Å²) in [6.07, 6.45) is 5.09. The molecule has 0 atom stereocenters. The average Bonchev–Trinajstić information content (AvgIpc) is 2.78. The van der Waals surface area contributed by atoms with E-state index in [-0.39, 0.29) is 15.6 Å². The summed E-state index contributed by atoms with van der Waals surface area (Å²) in [5, 5.41) is 11.2. The number of halogens is 1. The van der Waals surface area contributed by atoms with Crippen molar-refractivity contribution < 1.29 is 4.92 Å². The van der Waals surface area contributed by atoms with Crippen molar-refractivity contribution in [2.45, 2.75) is 30.6 Å². The van der Waals surface area contributed by atoms with Crippen LogP contribution < -0.4 is 0 Å². The Bertz CT molecular complexity index is 419. The largest absolute Gasteiger partial charge is 0.301 e. The van der Waals surface area contributed by atoms with Crippen LogP contribution in [0.1, 0.15) is 25.7 Å². The molecule has 0 bridgehead atoms. The molecule has 5 heteroatoms. The van der Waals surface area contributed by atoms with E-state index in [1.54, 1.807) is 30.0 Å². The normalized spacial score (nSPS) is 16.3. The lowest BCUT2D eigenvalue weighted by molar-refractivity contribution is -0.387. The Morgan fingerprint density at radius 2 is 2.12 bits per heavy atom. The molecule has 0 radical (unpaired) electrons. The highest BCUT2D eigenvalue weighted by Gasteiger charge is 2.21. The summed E-state index contributed by atoms with van der Waals surface area (Å²) in [6, 6.07) is 5.12. The van der Waals surface area contributed by atoms with E-state index in [1.165, 1.54) is 25.7 Å². The van der Waals surface area contributed by atoms with Crippen LogP contribution in [0.2, 0.25) is 5.02 Å². The van der Waals surface area contributed by atoms with Gasteiger partial charge in [-0.2, -0.15) is 0 Å². The van der Waals surface area contributed by atoms with Crippen LogP contribution in [0.4, 0.5) is 5.69 Å². The number of rotatable bonds is 4. The predicted molar refractivity (Wildman–Crippen MR) is 70.8 cm³/mol. The number of para-hydroxylation sites is 1. The average molecular weight is 272 g/mol. The highest BCUT2D eigenvalue weighted by Crippen LogP contribution is 2.38. The summed E-state index contributed by atoms with van der Waals surface area (Å²) in [5.74, 6) is 1.67. The van der Waals surface area contributed by atoms with E-state index in [9.17, 15) is 10.1 Å². The minimum atomic E-state index is -0.390. The van der Waals surface area contributed by atoms with Crippen LogP contribution in [0.15, 0.2) is 23.1 Å². The van der Waals surface area contributed by atoms with Gasteiger partial charge in [0.2, 0.25) is 0 Å². The van der Waals surface area contributed by atoms with Gasteiger partial charge in [0.15, 0.2) is 0 Å². The minimum absolute atomic E-state index is 0.0529. The Kier molecular flexibility index (Phi) is 4.29. The quantitative estimate of drug-likeness (QED) is 0.459. The van der Waals surface area contributed by atoms with Gasteiger partial charge in [0.25, 0.3) is 0 Å². The summed E-state index contributed by atoms with van der Waals surface area (Å²) in [4.78, 5) is 11.2. The third-order valence-corrected chi connectivity index (χ3v) is 4.67. The molecule has 0 aromatic heterocycles. The summed E-state index contributed by atoms with van der Waals surface area (Å²) >= 11 is 7.43. The maximum Gasteiger partial charge on any atom is 0.301 e. The van der Waals surface area contributed by atoms with Crippen LogP contribution in [0.3, 0.4) is 0 Å². The van der Waals surface area contributed by atoms with Crippen molar-refractivity contribution in [2.24, 2.45) is 5.92 Å². The fourth-order valence-corrected chi connectivity index (χ4v) is 3.72. The third-order valence-electron chi connectivity index (χ3n) is 3.08. The second-order valence-corrected chi connectivity index (χ2v) is 5.77. The Morgan fingerprint density at radius 1 is 1.41 bits per heavy atom. The zero-order chi connectivity index (χ0) is 12.3. The van der Waals surface area contributed by atoms with Gasteiger partial charge < -0.3 is 0 Å². The number of benzene rings is 1. The SMILES string of the molecule is O=[N+]([O-])c1c(Cl)cccc1SCC1CCCC1. The van der Waals surface area contributed by atoms with Crippen molar-refractivity contribution in [1.29, 1.82) is 0 Å². The van der Waals surface area contributed by atoms with E-state index in [1.807, 2.05) is 0 Å². The molecule has 1 fully saturated rings. The van der Waals surface area contributed by atoms with Crippen molar-refractivity contribution in [2.75, 3.05) is 5.75 Å². The predicted octanol–water partition coefficient (Wildman–Crippen LogP) is 4.53. The van der Waals surface area contributed by atoms with Gasteiger partial charge in [0, 0.05) is 5.75 Å². The molecule has 17 heavy (non-hydrogen) atoms. The van der Waals surface area contributed by atoms with Crippen molar-refractivity contribution >= 4 is 29.1 Å². The van der Waals surface area contributed by atoms with Crippen molar-refractivity contribution in [3.63, 3.8) is 0 Å². The number of nitro groups is 1. The molecule has 3 nitrogen and oxygen atoms in total. The molecule has 1 saturated carbocycles. The number of thioether (sulfide) groups is 1. The van der Waals surface area contributed by atoms with Crippen LogP contribution in [-0.4, -0.2) is 10.7 Å². The first-order chi connectivity index (χ1) is 8.18. The fraction of sp³-hybridized carbons (Fsp3) is 0.500. The molecular formula is C12H14ClNO2S. The molecule has 92 valence electrons. The van der Waals surface area contributed by atoms with Crippen LogP contribution in [0.25, 0.3) is 0 Å². The molecule has 0 unspecified atom stereocenters. The highest BCUT2D eigenvalue weighted by atomic mass is 35.5. The molecular weight excluding hydrogens is 258 g/mol. The van der Waals surface area contributed by atoms with Gasteiger partial charge in [-0.05, 0) is 30.9 Å². The van der Waals surface area contributed by atoms with E-state index >= 15 is 0 Å². The van der Waals surface area contributed by atoms with E-state index in [4.69, 9.17) is 11.6 Å².